The highest BCUT2D eigenvalue weighted by Crippen LogP contribution is 2.29. The van der Waals surface area contributed by atoms with E-state index in [1.165, 1.54) is 48.5 Å². The van der Waals surface area contributed by atoms with Gasteiger partial charge in [-0.05, 0) is 24.3 Å². The van der Waals surface area contributed by atoms with Gasteiger partial charge in [-0.25, -0.2) is 26.8 Å². The molecule has 3 rings (SSSR count). The van der Waals surface area contributed by atoms with E-state index >= 15 is 0 Å². The molecule has 11 heteroatoms. The highest BCUT2D eigenvalue weighted by molar-refractivity contribution is 8.14. The summed E-state index contributed by atoms with van der Waals surface area (Å²) in [7, 11) is -8.82. The zero-order chi connectivity index (χ0) is 21.8. The number of carbonyl (C=O) groups excluding carboxylic acids is 1. The van der Waals surface area contributed by atoms with Crippen molar-refractivity contribution < 1.29 is 21.6 Å². The van der Waals surface area contributed by atoms with Crippen molar-refractivity contribution in [1.29, 1.82) is 0 Å². The summed E-state index contributed by atoms with van der Waals surface area (Å²) in [4.78, 5) is 18.4. The molecule has 1 aromatic heterocycles. The SMILES string of the molecule is NC(=O)c1cnc(NC=C(S(=O)(=O)c2ccccc2)S(=O)(=O)c2ccccc2)cn1. The van der Waals surface area contributed by atoms with Crippen LogP contribution >= 0.6 is 0 Å². The Balaban J connectivity index is 2.10. The maximum Gasteiger partial charge on any atom is 0.268 e. The normalized spacial score (nSPS) is 11.5. The molecule has 0 spiro atoms. The molecule has 3 N–H and O–H groups in total. The van der Waals surface area contributed by atoms with E-state index in [9.17, 15) is 21.6 Å². The van der Waals surface area contributed by atoms with Gasteiger partial charge < -0.3 is 11.1 Å². The molecule has 0 aliphatic rings. The number of aromatic nitrogens is 2. The van der Waals surface area contributed by atoms with E-state index < -0.39 is 29.8 Å². The summed E-state index contributed by atoms with van der Waals surface area (Å²) in [5, 5.41) is 2.52. The average Bonchev–Trinajstić information content (AvgIpc) is 2.75. The monoisotopic (exact) mass is 444 g/mol. The fourth-order valence-corrected chi connectivity index (χ4v) is 6.05. The lowest BCUT2D eigenvalue weighted by Crippen LogP contribution is -2.17. The number of benzene rings is 2. The summed E-state index contributed by atoms with van der Waals surface area (Å²) in [6.45, 7) is 0. The Hall–Kier alpha value is -3.57. The minimum Gasteiger partial charge on any atom is -0.364 e. The van der Waals surface area contributed by atoms with Gasteiger partial charge in [-0.3, -0.25) is 4.79 Å². The Bertz CT molecular complexity index is 1220. The van der Waals surface area contributed by atoms with Crippen LogP contribution in [0.1, 0.15) is 10.5 Å². The summed E-state index contributed by atoms with van der Waals surface area (Å²) in [5.41, 5.74) is 5.00. The van der Waals surface area contributed by atoms with Crippen LogP contribution in [-0.2, 0) is 19.7 Å². The van der Waals surface area contributed by atoms with Gasteiger partial charge >= 0.3 is 0 Å². The first-order chi connectivity index (χ1) is 14.2. The van der Waals surface area contributed by atoms with E-state index in [1.807, 2.05) is 0 Å². The smallest absolute Gasteiger partial charge is 0.268 e. The van der Waals surface area contributed by atoms with E-state index in [0.717, 1.165) is 18.6 Å². The number of hydrogen-bond donors (Lipinski definition) is 2. The van der Waals surface area contributed by atoms with Crippen molar-refractivity contribution >= 4 is 31.4 Å². The Kier molecular flexibility index (Phi) is 5.94. The Morgan fingerprint density at radius 3 is 1.70 bits per heavy atom. The van der Waals surface area contributed by atoms with Gasteiger partial charge in [-0.1, -0.05) is 36.4 Å². The molecule has 0 bridgehead atoms. The van der Waals surface area contributed by atoms with E-state index in [0.29, 0.717) is 0 Å². The van der Waals surface area contributed by atoms with E-state index in [-0.39, 0.29) is 21.3 Å². The van der Waals surface area contributed by atoms with Gasteiger partial charge in [0.25, 0.3) is 5.91 Å². The van der Waals surface area contributed by atoms with Gasteiger partial charge in [-0.15, -0.1) is 0 Å². The fourth-order valence-electron chi connectivity index (χ4n) is 2.39. The quantitative estimate of drug-likeness (QED) is 0.559. The highest BCUT2D eigenvalue weighted by atomic mass is 32.3. The van der Waals surface area contributed by atoms with Crippen LogP contribution in [0, 0.1) is 0 Å². The van der Waals surface area contributed by atoms with Crippen LogP contribution in [0.15, 0.2) is 93.3 Å². The molecule has 1 heterocycles. The van der Waals surface area contributed by atoms with Crippen molar-refractivity contribution in [3.05, 3.63) is 89.2 Å². The van der Waals surface area contributed by atoms with E-state index in [2.05, 4.69) is 15.3 Å². The molecule has 154 valence electrons. The third-order valence-corrected chi connectivity index (χ3v) is 8.28. The molecule has 0 saturated heterocycles. The zero-order valence-corrected chi connectivity index (χ0v) is 17.0. The predicted octanol–water partition coefficient (Wildman–Crippen LogP) is 1.73. The lowest BCUT2D eigenvalue weighted by molar-refractivity contribution is 0.0995. The molecule has 0 unspecified atom stereocenters. The summed E-state index contributed by atoms with van der Waals surface area (Å²) in [5.74, 6) is -0.771. The van der Waals surface area contributed by atoms with Gasteiger partial charge in [0.2, 0.25) is 19.7 Å². The number of nitrogens with zero attached hydrogens (tertiary/aromatic N) is 2. The Labute approximate surface area is 173 Å². The number of hydrogen-bond acceptors (Lipinski definition) is 8. The first kappa shape index (κ1) is 21.1. The average molecular weight is 444 g/mol. The van der Waals surface area contributed by atoms with Gasteiger partial charge in [-0.2, -0.15) is 0 Å². The molecular formula is C19H16N4O5S2. The third-order valence-electron chi connectivity index (χ3n) is 3.88. The number of nitrogens with one attached hydrogen (secondary N) is 1. The van der Waals surface area contributed by atoms with E-state index in [1.54, 1.807) is 12.1 Å². The molecule has 0 aliphatic carbocycles. The lowest BCUT2D eigenvalue weighted by atomic mass is 10.4. The first-order valence-electron chi connectivity index (χ1n) is 8.42. The van der Waals surface area contributed by atoms with Crippen LogP contribution in [0.25, 0.3) is 0 Å². The molecule has 0 saturated carbocycles. The predicted molar refractivity (Wildman–Crippen MR) is 110 cm³/mol. The second kappa shape index (κ2) is 8.43. The number of nitrogens with two attached hydrogens (primary N) is 1. The summed E-state index contributed by atoms with van der Waals surface area (Å²) in [6, 6.07) is 14.4. The number of primary amides is 1. The molecular weight excluding hydrogens is 428 g/mol. The Morgan fingerprint density at radius 1 is 0.800 bits per heavy atom. The fraction of sp³-hybridized carbons (Fsp3) is 0. The van der Waals surface area contributed by atoms with Crippen LogP contribution in [0.5, 0.6) is 0 Å². The van der Waals surface area contributed by atoms with Crippen molar-refractivity contribution in [2.45, 2.75) is 9.79 Å². The molecule has 1 amide bonds. The number of sulfone groups is 2. The molecule has 0 atom stereocenters. The highest BCUT2D eigenvalue weighted by Gasteiger charge is 2.33. The van der Waals surface area contributed by atoms with Crippen LogP contribution in [-0.4, -0.2) is 32.7 Å². The standard InChI is InChI=1S/C19H16N4O5S2/c20-19(24)16-11-22-17(12-21-16)23-13-18(29(25,26)14-7-3-1-4-8-14)30(27,28)15-9-5-2-6-10-15/h1-13H,(H2,20,24)(H,22,23). The molecule has 9 nitrogen and oxygen atoms in total. The second-order valence-corrected chi connectivity index (χ2v) is 9.99. The molecule has 3 aromatic rings. The molecule has 0 fully saturated rings. The zero-order valence-electron chi connectivity index (χ0n) is 15.3. The van der Waals surface area contributed by atoms with Gasteiger partial charge in [0, 0.05) is 6.20 Å². The number of rotatable bonds is 7. The van der Waals surface area contributed by atoms with Gasteiger partial charge in [0.05, 0.1) is 22.2 Å². The van der Waals surface area contributed by atoms with Gasteiger partial charge in [0.15, 0.2) is 4.24 Å². The number of carbonyl (C=O) groups is 1. The van der Waals surface area contributed by atoms with Crippen molar-refractivity contribution in [2.24, 2.45) is 5.73 Å². The molecule has 0 radical (unpaired) electrons. The number of anilines is 1. The number of amides is 1. The summed E-state index contributed by atoms with van der Waals surface area (Å²) in [6.07, 6.45) is 3.03. The third kappa shape index (κ3) is 4.36. The maximum absolute atomic E-state index is 13.1. The van der Waals surface area contributed by atoms with Crippen LogP contribution in [0.3, 0.4) is 0 Å². The van der Waals surface area contributed by atoms with Crippen LogP contribution in [0.4, 0.5) is 5.82 Å². The molecule has 2 aromatic carbocycles. The first-order valence-corrected chi connectivity index (χ1v) is 11.4. The van der Waals surface area contributed by atoms with Crippen LogP contribution < -0.4 is 11.1 Å². The summed E-state index contributed by atoms with van der Waals surface area (Å²) < 4.78 is 51.7. The minimum atomic E-state index is -4.41. The van der Waals surface area contributed by atoms with Crippen molar-refractivity contribution in [1.82, 2.24) is 9.97 Å². The molecule has 30 heavy (non-hydrogen) atoms. The Morgan fingerprint density at radius 2 is 1.30 bits per heavy atom. The second-order valence-electron chi connectivity index (χ2n) is 5.89. The van der Waals surface area contributed by atoms with Crippen molar-refractivity contribution in [3.8, 4) is 0 Å². The largest absolute Gasteiger partial charge is 0.364 e. The lowest BCUT2D eigenvalue weighted by Gasteiger charge is -2.11. The topological polar surface area (TPSA) is 149 Å². The summed E-state index contributed by atoms with van der Waals surface area (Å²) >= 11 is 0. The van der Waals surface area contributed by atoms with E-state index in [4.69, 9.17) is 5.73 Å². The minimum absolute atomic E-state index is 0.0176. The van der Waals surface area contributed by atoms with Crippen molar-refractivity contribution in [2.75, 3.05) is 5.32 Å². The molecule has 0 aliphatic heterocycles. The maximum atomic E-state index is 13.1. The van der Waals surface area contributed by atoms with Crippen LogP contribution in [0.2, 0.25) is 0 Å². The van der Waals surface area contributed by atoms with Crippen molar-refractivity contribution in [3.63, 3.8) is 0 Å². The van der Waals surface area contributed by atoms with Gasteiger partial charge in [0.1, 0.15) is 11.5 Å².